The SMILES string of the molecule is CCCCN(Cc1cccc([N+](=O)[O-])c1)C(=O)COC(=O)C(C)CC=N. The van der Waals surface area contributed by atoms with E-state index in [2.05, 4.69) is 0 Å². The third kappa shape index (κ3) is 7.00. The van der Waals surface area contributed by atoms with E-state index in [4.69, 9.17) is 10.1 Å². The zero-order valence-corrected chi connectivity index (χ0v) is 15.1. The lowest BCUT2D eigenvalue weighted by atomic mass is 10.1. The van der Waals surface area contributed by atoms with Crippen LogP contribution in [-0.4, -0.2) is 41.1 Å². The number of unbranched alkanes of at least 4 members (excludes halogenated alkanes) is 1. The smallest absolute Gasteiger partial charge is 0.309 e. The molecule has 0 fully saturated rings. The Hall–Kier alpha value is -2.77. The van der Waals surface area contributed by atoms with Crippen LogP contribution in [0.4, 0.5) is 5.69 Å². The topological polar surface area (TPSA) is 114 Å². The lowest BCUT2D eigenvalue weighted by molar-refractivity contribution is -0.384. The van der Waals surface area contributed by atoms with E-state index in [1.165, 1.54) is 17.0 Å². The number of carbonyl (C=O) groups is 2. The molecule has 0 aliphatic heterocycles. The summed E-state index contributed by atoms with van der Waals surface area (Å²) in [6.45, 7) is 3.95. The molecule has 0 saturated carbocycles. The molecule has 0 radical (unpaired) electrons. The van der Waals surface area contributed by atoms with Crippen LogP contribution in [0, 0.1) is 21.4 Å². The van der Waals surface area contributed by atoms with Gasteiger partial charge in [0.2, 0.25) is 0 Å². The molecular weight excluding hydrogens is 338 g/mol. The maximum absolute atomic E-state index is 12.4. The Morgan fingerprint density at radius 3 is 2.77 bits per heavy atom. The number of carbonyl (C=O) groups excluding carboxylic acids is 2. The Morgan fingerprint density at radius 2 is 2.15 bits per heavy atom. The standard InChI is InChI=1S/C18H25N3O5/c1-3-4-10-20(12-15-6-5-7-16(11-15)21(24)25)17(22)13-26-18(23)14(2)8-9-19/h5-7,9,11,14,19H,3-4,8,10,12-13H2,1-2H3. The van der Waals surface area contributed by atoms with E-state index in [9.17, 15) is 19.7 Å². The van der Waals surface area contributed by atoms with Crippen LogP contribution >= 0.6 is 0 Å². The molecule has 142 valence electrons. The minimum absolute atomic E-state index is 0.0303. The highest BCUT2D eigenvalue weighted by atomic mass is 16.6. The van der Waals surface area contributed by atoms with E-state index in [1.807, 2.05) is 6.92 Å². The summed E-state index contributed by atoms with van der Waals surface area (Å²) >= 11 is 0. The first-order valence-corrected chi connectivity index (χ1v) is 8.55. The van der Waals surface area contributed by atoms with Crippen molar-refractivity contribution in [3.63, 3.8) is 0 Å². The molecule has 1 atom stereocenters. The van der Waals surface area contributed by atoms with E-state index >= 15 is 0 Å². The van der Waals surface area contributed by atoms with Crippen molar-refractivity contribution in [3.8, 4) is 0 Å². The van der Waals surface area contributed by atoms with E-state index in [0.717, 1.165) is 19.1 Å². The highest BCUT2D eigenvalue weighted by molar-refractivity contribution is 5.82. The van der Waals surface area contributed by atoms with Crippen molar-refractivity contribution in [2.75, 3.05) is 13.2 Å². The number of non-ortho nitro benzene ring substituents is 1. The van der Waals surface area contributed by atoms with Crippen LogP contribution in [0.5, 0.6) is 0 Å². The Labute approximate surface area is 152 Å². The van der Waals surface area contributed by atoms with Crippen LogP contribution in [0.3, 0.4) is 0 Å². The lowest BCUT2D eigenvalue weighted by Gasteiger charge is -2.23. The molecule has 1 aromatic carbocycles. The summed E-state index contributed by atoms with van der Waals surface area (Å²) in [5.74, 6) is -1.34. The fourth-order valence-corrected chi connectivity index (χ4v) is 2.27. The number of nitro groups is 1. The Balaban J connectivity index is 2.74. The van der Waals surface area contributed by atoms with Gasteiger partial charge in [0.15, 0.2) is 6.61 Å². The van der Waals surface area contributed by atoms with E-state index in [0.29, 0.717) is 12.1 Å². The third-order valence-corrected chi connectivity index (χ3v) is 3.84. The maximum atomic E-state index is 12.4. The van der Waals surface area contributed by atoms with Crippen LogP contribution in [0.2, 0.25) is 0 Å². The molecule has 1 N–H and O–H groups in total. The number of hydrogen-bond donors (Lipinski definition) is 1. The summed E-state index contributed by atoms with van der Waals surface area (Å²) in [5, 5.41) is 17.9. The number of hydrogen-bond acceptors (Lipinski definition) is 6. The molecule has 1 unspecified atom stereocenters. The van der Waals surface area contributed by atoms with Gasteiger partial charge in [0.25, 0.3) is 11.6 Å². The Bertz CT molecular complexity index is 647. The summed E-state index contributed by atoms with van der Waals surface area (Å²) in [6.07, 6.45) is 3.05. The van der Waals surface area contributed by atoms with Crippen LogP contribution in [0.15, 0.2) is 24.3 Å². The molecule has 0 aliphatic carbocycles. The van der Waals surface area contributed by atoms with E-state index in [-0.39, 0.29) is 31.2 Å². The normalized spacial score (nSPS) is 11.5. The first kappa shape index (κ1) is 21.3. The molecule has 1 amide bonds. The molecule has 0 heterocycles. The molecule has 26 heavy (non-hydrogen) atoms. The summed E-state index contributed by atoms with van der Waals surface area (Å²) in [7, 11) is 0. The van der Waals surface area contributed by atoms with Crippen molar-refractivity contribution in [2.24, 2.45) is 5.92 Å². The van der Waals surface area contributed by atoms with Gasteiger partial charge in [0.05, 0.1) is 10.8 Å². The number of esters is 1. The van der Waals surface area contributed by atoms with E-state index in [1.54, 1.807) is 19.1 Å². The monoisotopic (exact) mass is 363 g/mol. The first-order valence-electron chi connectivity index (χ1n) is 8.55. The zero-order valence-electron chi connectivity index (χ0n) is 15.1. The minimum atomic E-state index is -0.521. The predicted molar refractivity (Wildman–Crippen MR) is 96.9 cm³/mol. The van der Waals surface area contributed by atoms with Crippen molar-refractivity contribution in [1.29, 1.82) is 5.41 Å². The van der Waals surface area contributed by atoms with Crippen molar-refractivity contribution < 1.29 is 19.2 Å². The molecule has 0 saturated heterocycles. The van der Waals surface area contributed by atoms with Crippen LogP contribution < -0.4 is 0 Å². The fraction of sp³-hybridized carbons (Fsp3) is 0.500. The molecule has 0 spiro atoms. The van der Waals surface area contributed by atoms with Crippen LogP contribution in [-0.2, 0) is 20.9 Å². The average Bonchev–Trinajstić information content (AvgIpc) is 2.63. The zero-order chi connectivity index (χ0) is 19.5. The molecule has 8 nitrogen and oxygen atoms in total. The van der Waals surface area contributed by atoms with Gasteiger partial charge in [-0.1, -0.05) is 32.4 Å². The number of nitro benzene ring substituents is 1. The Kier molecular flexibility index (Phi) is 8.97. The highest BCUT2D eigenvalue weighted by Crippen LogP contribution is 2.15. The number of rotatable bonds is 11. The van der Waals surface area contributed by atoms with Gasteiger partial charge in [-0.25, -0.2) is 0 Å². The minimum Gasteiger partial charge on any atom is -0.455 e. The summed E-state index contributed by atoms with van der Waals surface area (Å²) in [6, 6.07) is 6.13. The van der Waals surface area contributed by atoms with Gasteiger partial charge in [0.1, 0.15) is 0 Å². The quantitative estimate of drug-likeness (QED) is 0.281. The van der Waals surface area contributed by atoms with Gasteiger partial charge in [-0.15, -0.1) is 0 Å². The van der Waals surface area contributed by atoms with Gasteiger partial charge in [0, 0.05) is 25.2 Å². The second-order valence-corrected chi connectivity index (χ2v) is 6.04. The molecule has 8 heteroatoms. The number of nitrogens with one attached hydrogen (secondary N) is 1. The lowest BCUT2D eigenvalue weighted by Crippen LogP contribution is -2.35. The van der Waals surface area contributed by atoms with E-state index < -0.39 is 16.8 Å². The number of benzene rings is 1. The van der Waals surface area contributed by atoms with Gasteiger partial charge in [-0.3, -0.25) is 19.7 Å². The molecule has 0 bridgehead atoms. The highest BCUT2D eigenvalue weighted by Gasteiger charge is 2.19. The second kappa shape index (κ2) is 11.0. The largest absolute Gasteiger partial charge is 0.455 e. The molecular formula is C18H25N3O5. The predicted octanol–water partition coefficient (Wildman–Crippen LogP) is 2.94. The summed E-state index contributed by atoms with van der Waals surface area (Å²) in [5.41, 5.74) is 0.615. The number of amides is 1. The van der Waals surface area contributed by atoms with Crippen molar-refractivity contribution in [3.05, 3.63) is 39.9 Å². The molecule has 0 aromatic heterocycles. The van der Waals surface area contributed by atoms with Crippen molar-refractivity contribution in [1.82, 2.24) is 4.90 Å². The van der Waals surface area contributed by atoms with Gasteiger partial charge in [-0.05, 0) is 24.6 Å². The average molecular weight is 363 g/mol. The fourth-order valence-electron chi connectivity index (χ4n) is 2.27. The van der Waals surface area contributed by atoms with Gasteiger partial charge in [-0.2, -0.15) is 0 Å². The summed E-state index contributed by atoms with van der Waals surface area (Å²) < 4.78 is 5.04. The first-order chi connectivity index (χ1) is 12.4. The second-order valence-electron chi connectivity index (χ2n) is 6.04. The molecule has 1 aromatic rings. The number of nitrogens with zero attached hydrogens (tertiary/aromatic N) is 2. The third-order valence-electron chi connectivity index (χ3n) is 3.84. The Morgan fingerprint density at radius 1 is 1.42 bits per heavy atom. The molecule has 0 aliphatic rings. The van der Waals surface area contributed by atoms with Crippen LogP contribution in [0.1, 0.15) is 38.7 Å². The number of ether oxygens (including phenoxy) is 1. The van der Waals surface area contributed by atoms with Gasteiger partial charge < -0.3 is 15.0 Å². The van der Waals surface area contributed by atoms with Gasteiger partial charge >= 0.3 is 5.97 Å². The summed E-state index contributed by atoms with van der Waals surface area (Å²) in [4.78, 5) is 36.2. The van der Waals surface area contributed by atoms with Crippen molar-refractivity contribution in [2.45, 2.75) is 39.7 Å². The molecule has 1 rings (SSSR count). The van der Waals surface area contributed by atoms with Crippen LogP contribution in [0.25, 0.3) is 0 Å². The maximum Gasteiger partial charge on any atom is 0.309 e. The van der Waals surface area contributed by atoms with Crippen molar-refractivity contribution >= 4 is 23.8 Å².